The second kappa shape index (κ2) is 5.25. The van der Waals surface area contributed by atoms with Crippen LogP contribution in [0.2, 0.25) is 0 Å². The van der Waals surface area contributed by atoms with Gasteiger partial charge in [-0.25, -0.2) is 0 Å². The average Bonchev–Trinajstić information content (AvgIpc) is 2.30. The van der Waals surface area contributed by atoms with E-state index in [0.717, 1.165) is 12.1 Å². The van der Waals surface area contributed by atoms with Crippen molar-refractivity contribution < 1.29 is 0 Å². The first-order valence-corrected chi connectivity index (χ1v) is 7.85. The van der Waals surface area contributed by atoms with Crippen LogP contribution in [0.3, 0.4) is 0 Å². The highest BCUT2D eigenvalue weighted by Crippen LogP contribution is 2.27. The van der Waals surface area contributed by atoms with Gasteiger partial charge in [-0.05, 0) is 24.3 Å². The van der Waals surface area contributed by atoms with Crippen LogP contribution in [0, 0.1) is 0 Å². The van der Waals surface area contributed by atoms with Gasteiger partial charge in [0.1, 0.15) is 0 Å². The molecule has 3 fully saturated rings. The topological polar surface area (TPSA) is 18.5 Å². The molecule has 0 radical (unpaired) electrons. The van der Waals surface area contributed by atoms with E-state index in [2.05, 4.69) is 26.9 Å². The molecule has 3 aliphatic rings. The highest BCUT2D eigenvalue weighted by Gasteiger charge is 2.36. The Labute approximate surface area is 103 Å². The first-order chi connectivity index (χ1) is 7.93. The van der Waals surface area contributed by atoms with Gasteiger partial charge in [0, 0.05) is 51.4 Å². The van der Waals surface area contributed by atoms with Crippen molar-refractivity contribution >= 4 is 11.8 Å². The maximum atomic E-state index is 3.43. The van der Waals surface area contributed by atoms with Crippen molar-refractivity contribution in [1.29, 1.82) is 0 Å². The second-order valence-electron chi connectivity index (χ2n) is 5.24. The van der Waals surface area contributed by atoms with Gasteiger partial charge in [0.15, 0.2) is 0 Å². The summed E-state index contributed by atoms with van der Waals surface area (Å²) in [6.45, 7) is 7.59. The zero-order valence-electron chi connectivity index (χ0n) is 10.0. The van der Waals surface area contributed by atoms with Crippen molar-refractivity contribution in [2.45, 2.75) is 24.9 Å². The van der Waals surface area contributed by atoms with Crippen LogP contribution in [0.1, 0.15) is 12.8 Å². The number of nitrogens with one attached hydrogen (secondary N) is 1. The molecule has 0 atom stereocenters. The first kappa shape index (κ1) is 11.3. The number of nitrogens with zero attached hydrogens (tertiary/aromatic N) is 2. The lowest BCUT2D eigenvalue weighted by molar-refractivity contribution is -0.00251. The van der Waals surface area contributed by atoms with E-state index in [1.165, 1.54) is 63.6 Å². The van der Waals surface area contributed by atoms with E-state index < -0.39 is 0 Å². The summed E-state index contributed by atoms with van der Waals surface area (Å²) in [6, 6.07) is 1.79. The van der Waals surface area contributed by atoms with Gasteiger partial charge in [-0.15, -0.1) is 0 Å². The Hall–Kier alpha value is 0.230. The molecule has 3 aliphatic heterocycles. The molecule has 0 aromatic carbocycles. The van der Waals surface area contributed by atoms with Crippen molar-refractivity contribution in [3.8, 4) is 0 Å². The van der Waals surface area contributed by atoms with Gasteiger partial charge in [-0.1, -0.05) is 0 Å². The molecule has 3 nitrogen and oxygen atoms in total. The molecule has 0 aromatic heterocycles. The Kier molecular flexibility index (Phi) is 3.72. The van der Waals surface area contributed by atoms with E-state index in [9.17, 15) is 0 Å². The highest BCUT2D eigenvalue weighted by molar-refractivity contribution is 7.99. The third-order valence-electron chi connectivity index (χ3n) is 4.27. The number of likely N-dealkylation sites (tertiary alicyclic amines) is 1. The van der Waals surface area contributed by atoms with E-state index in [0.29, 0.717) is 0 Å². The smallest absolute Gasteiger partial charge is 0.0351 e. The third-order valence-corrected chi connectivity index (χ3v) is 5.31. The lowest BCUT2D eigenvalue weighted by Gasteiger charge is -2.50. The largest absolute Gasteiger partial charge is 0.314 e. The molecule has 0 aromatic rings. The van der Waals surface area contributed by atoms with E-state index >= 15 is 0 Å². The molecule has 1 N–H and O–H groups in total. The van der Waals surface area contributed by atoms with Crippen LogP contribution in [-0.4, -0.2) is 72.7 Å². The summed E-state index contributed by atoms with van der Waals surface area (Å²) < 4.78 is 0. The SMILES string of the molecule is C1CN(C2CN(C3CCSCC3)C2)CCN1. The van der Waals surface area contributed by atoms with Crippen LogP contribution < -0.4 is 5.32 Å². The van der Waals surface area contributed by atoms with Crippen LogP contribution in [0.5, 0.6) is 0 Å². The quantitative estimate of drug-likeness (QED) is 0.757. The van der Waals surface area contributed by atoms with Crippen molar-refractivity contribution in [3.63, 3.8) is 0 Å². The van der Waals surface area contributed by atoms with Crippen molar-refractivity contribution in [2.75, 3.05) is 50.8 Å². The molecule has 0 spiro atoms. The Morgan fingerprint density at radius 1 is 0.875 bits per heavy atom. The lowest BCUT2D eigenvalue weighted by atomic mass is 10.00. The van der Waals surface area contributed by atoms with E-state index in [1.54, 1.807) is 0 Å². The normalized spacial score (nSPS) is 31.5. The average molecular weight is 241 g/mol. The van der Waals surface area contributed by atoms with Gasteiger partial charge in [0.2, 0.25) is 0 Å². The summed E-state index contributed by atoms with van der Waals surface area (Å²) in [5, 5.41) is 3.43. The Morgan fingerprint density at radius 2 is 1.56 bits per heavy atom. The minimum Gasteiger partial charge on any atom is -0.314 e. The van der Waals surface area contributed by atoms with Crippen LogP contribution in [0.4, 0.5) is 0 Å². The first-order valence-electron chi connectivity index (χ1n) is 6.70. The van der Waals surface area contributed by atoms with Crippen LogP contribution in [-0.2, 0) is 0 Å². The number of hydrogen-bond acceptors (Lipinski definition) is 4. The monoisotopic (exact) mass is 241 g/mol. The molecule has 0 aliphatic carbocycles. The molecule has 3 rings (SSSR count). The summed E-state index contributed by atoms with van der Waals surface area (Å²) in [5.74, 6) is 2.78. The molecule has 0 unspecified atom stereocenters. The minimum atomic E-state index is 0.872. The molecule has 0 saturated carbocycles. The molecule has 3 saturated heterocycles. The fourth-order valence-corrected chi connectivity index (χ4v) is 4.20. The molecular weight excluding hydrogens is 218 g/mol. The molecular formula is C12H23N3S. The summed E-state index contributed by atoms with van der Waals surface area (Å²) in [4.78, 5) is 5.41. The fourth-order valence-electron chi connectivity index (χ4n) is 3.11. The van der Waals surface area contributed by atoms with Crippen LogP contribution in [0.25, 0.3) is 0 Å². The maximum Gasteiger partial charge on any atom is 0.0351 e. The van der Waals surface area contributed by atoms with E-state index in [-0.39, 0.29) is 0 Å². The number of hydrogen-bond donors (Lipinski definition) is 1. The fraction of sp³-hybridized carbons (Fsp3) is 1.00. The van der Waals surface area contributed by atoms with Crippen molar-refractivity contribution in [1.82, 2.24) is 15.1 Å². The highest BCUT2D eigenvalue weighted by atomic mass is 32.2. The standard InChI is InChI=1S/C12H23N3S/c1-7-16-8-2-11(1)15-9-12(10-15)14-5-3-13-4-6-14/h11-13H,1-10H2. The van der Waals surface area contributed by atoms with Crippen molar-refractivity contribution in [2.24, 2.45) is 0 Å². The Bertz CT molecular complexity index is 196. The Balaban J connectivity index is 1.43. The summed E-state index contributed by atoms with van der Waals surface area (Å²) in [6.07, 6.45) is 2.86. The van der Waals surface area contributed by atoms with E-state index in [1.807, 2.05) is 0 Å². The van der Waals surface area contributed by atoms with E-state index in [4.69, 9.17) is 0 Å². The van der Waals surface area contributed by atoms with Gasteiger partial charge in [0.25, 0.3) is 0 Å². The predicted octanol–water partition coefficient (Wildman–Crippen LogP) is 0.471. The molecule has 3 heterocycles. The maximum absolute atomic E-state index is 3.43. The summed E-state index contributed by atoms with van der Waals surface area (Å²) in [7, 11) is 0. The predicted molar refractivity (Wildman–Crippen MR) is 70.2 cm³/mol. The van der Waals surface area contributed by atoms with Crippen LogP contribution >= 0.6 is 11.8 Å². The summed E-state index contributed by atoms with van der Waals surface area (Å²) >= 11 is 2.13. The molecule has 16 heavy (non-hydrogen) atoms. The molecule has 4 heteroatoms. The summed E-state index contributed by atoms with van der Waals surface area (Å²) in [5.41, 5.74) is 0. The number of thioether (sulfide) groups is 1. The van der Waals surface area contributed by atoms with Gasteiger partial charge >= 0.3 is 0 Å². The Morgan fingerprint density at radius 3 is 2.25 bits per heavy atom. The zero-order valence-corrected chi connectivity index (χ0v) is 10.8. The van der Waals surface area contributed by atoms with Crippen molar-refractivity contribution in [3.05, 3.63) is 0 Å². The third kappa shape index (κ3) is 2.40. The van der Waals surface area contributed by atoms with Crippen LogP contribution in [0.15, 0.2) is 0 Å². The number of rotatable bonds is 2. The van der Waals surface area contributed by atoms with Gasteiger partial charge in [-0.3, -0.25) is 9.80 Å². The lowest BCUT2D eigenvalue weighted by Crippen LogP contribution is -2.65. The van der Waals surface area contributed by atoms with Gasteiger partial charge in [-0.2, -0.15) is 11.8 Å². The minimum absolute atomic E-state index is 0.872. The molecule has 0 bridgehead atoms. The van der Waals surface area contributed by atoms with Gasteiger partial charge in [0.05, 0.1) is 0 Å². The van der Waals surface area contributed by atoms with Gasteiger partial charge < -0.3 is 5.32 Å². The number of piperazine rings is 1. The molecule has 92 valence electrons. The second-order valence-corrected chi connectivity index (χ2v) is 6.46. The zero-order chi connectivity index (χ0) is 10.8. The molecule has 0 amide bonds.